The molecule has 0 radical (unpaired) electrons. The summed E-state index contributed by atoms with van der Waals surface area (Å²) in [5.41, 5.74) is 2.73. The minimum Gasteiger partial charge on any atom is -0.371 e. The average Bonchev–Trinajstić information content (AvgIpc) is 2.78. The number of hydrogen-bond donors (Lipinski definition) is 0. The lowest BCUT2D eigenvalue weighted by molar-refractivity contribution is 0.423. The molecule has 0 aromatic heterocycles. The van der Waals surface area contributed by atoms with E-state index >= 15 is 0 Å². The average molecular weight is 282 g/mol. The van der Waals surface area contributed by atoms with Crippen molar-refractivity contribution in [3.8, 4) is 0 Å². The summed E-state index contributed by atoms with van der Waals surface area (Å²) in [6, 6.07) is 8.93. The number of nitrogens with zero attached hydrogens (tertiary/aromatic N) is 1. The Morgan fingerprint density at radius 2 is 2.00 bits per heavy atom. The second-order valence-electron chi connectivity index (χ2n) is 5.04. The molecule has 0 N–H and O–H groups in total. The molecule has 1 saturated heterocycles. The van der Waals surface area contributed by atoms with Crippen LogP contribution in [-0.2, 0) is 5.33 Å². The van der Waals surface area contributed by atoms with Gasteiger partial charge in [-0.3, -0.25) is 0 Å². The third-order valence-corrected chi connectivity index (χ3v) is 4.27. The molecule has 16 heavy (non-hydrogen) atoms. The van der Waals surface area contributed by atoms with E-state index in [0.717, 1.165) is 17.2 Å². The summed E-state index contributed by atoms with van der Waals surface area (Å²) in [7, 11) is 0. The summed E-state index contributed by atoms with van der Waals surface area (Å²) in [5.74, 6) is 1.68. The number of alkyl halides is 1. The van der Waals surface area contributed by atoms with Crippen molar-refractivity contribution >= 4 is 21.6 Å². The first-order chi connectivity index (χ1) is 7.70. The lowest BCUT2D eigenvalue weighted by Gasteiger charge is -2.20. The third kappa shape index (κ3) is 2.60. The highest BCUT2D eigenvalue weighted by Crippen LogP contribution is 2.28. The molecule has 0 bridgehead atoms. The SMILES string of the molecule is CC(C)C1CCN(c2ccc(CBr)cc2)C1. The van der Waals surface area contributed by atoms with Crippen molar-refractivity contribution in [3.63, 3.8) is 0 Å². The van der Waals surface area contributed by atoms with E-state index in [0.29, 0.717) is 0 Å². The summed E-state index contributed by atoms with van der Waals surface area (Å²) in [6.45, 7) is 7.12. The molecule has 2 heteroatoms. The molecule has 1 nitrogen and oxygen atoms in total. The molecule has 1 heterocycles. The topological polar surface area (TPSA) is 3.24 Å². The van der Waals surface area contributed by atoms with Gasteiger partial charge in [-0.05, 0) is 36.0 Å². The van der Waals surface area contributed by atoms with E-state index in [4.69, 9.17) is 0 Å². The minimum atomic E-state index is 0.812. The number of benzene rings is 1. The van der Waals surface area contributed by atoms with Gasteiger partial charge in [0.25, 0.3) is 0 Å². The van der Waals surface area contributed by atoms with Gasteiger partial charge in [0.1, 0.15) is 0 Å². The molecule has 2 rings (SSSR count). The molecule has 0 saturated carbocycles. The first-order valence-corrected chi connectivity index (χ1v) is 7.22. The molecule has 1 atom stereocenters. The van der Waals surface area contributed by atoms with Gasteiger partial charge in [-0.1, -0.05) is 41.9 Å². The van der Waals surface area contributed by atoms with Crippen molar-refractivity contribution in [2.45, 2.75) is 25.6 Å². The second kappa shape index (κ2) is 5.22. The number of halogens is 1. The van der Waals surface area contributed by atoms with E-state index in [1.54, 1.807) is 0 Å². The van der Waals surface area contributed by atoms with Gasteiger partial charge in [0.2, 0.25) is 0 Å². The Hall–Kier alpha value is -0.500. The summed E-state index contributed by atoms with van der Waals surface area (Å²) in [4.78, 5) is 2.52. The zero-order valence-electron chi connectivity index (χ0n) is 10.1. The molecule has 1 aromatic carbocycles. The molecule has 88 valence electrons. The lowest BCUT2D eigenvalue weighted by Crippen LogP contribution is -2.20. The quantitative estimate of drug-likeness (QED) is 0.756. The molecule has 0 aliphatic carbocycles. The van der Waals surface area contributed by atoms with Crippen LogP contribution in [-0.4, -0.2) is 13.1 Å². The maximum absolute atomic E-state index is 3.48. The Bertz CT molecular complexity index is 331. The van der Waals surface area contributed by atoms with Crippen molar-refractivity contribution < 1.29 is 0 Å². The van der Waals surface area contributed by atoms with Crippen LogP contribution >= 0.6 is 15.9 Å². The van der Waals surface area contributed by atoms with Crippen LogP contribution in [0.25, 0.3) is 0 Å². The fourth-order valence-electron chi connectivity index (χ4n) is 2.36. The summed E-state index contributed by atoms with van der Waals surface area (Å²) in [6.07, 6.45) is 1.35. The highest BCUT2D eigenvalue weighted by atomic mass is 79.9. The van der Waals surface area contributed by atoms with Gasteiger partial charge in [-0.25, -0.2) is 0 Å². The number of hydrogen-bond acceptors (Lipinski definition) is 1. The first kappa shape index (κ1) is 12.0. The Morgan fingerprint density at radius 1 is 1.31 bits per heavy atom. The van der Waals surface area contributed by atoms with Crippen LogP contribution in [0.2, 0.25) is 0 Å². The summed E-state index contributed by atoms with van der Waals surface area (Å²) < 4.78 is 0. The van der Waals surface area contributed by atoms with Crippen molar-refractivity contribution in [2.24, 2.45) is 11.8 Å². The standard InChI is InChI=1S/C14H20BrN/c1-11(2)13-7-8-16(10-13)14-5-3-12(9-15)4-6-14/h3-6,11,13H,7-10H2,1-2H3. The van der Waals surface area contributed by atoms with E-state index in [9.17, 15) is 0 Å². The molecular formula is C14H20BrN. The fourth-order valence-corrected chi connectivity index (χ4v) is 2.74. The van der Waals surface area contributed by atoms with Crippen LogP contribution in [0.4, 0.5) is 5.69 Å². The first-order valence-electron chi connectivity index (χ1n) is 6.10. The zero-order chi connectivity index (χ0) is 11.5. The molecular weight excluding hydrogens is 262 g/mol. The number of rotatable bonds is 3. The van der Waals surface area contributed by atoms with Crippen LogP contribution in [0.1, 0.15) is 25.8 Å². The Balaban J connectivity index is 2.03. The fraction of sp³-hybridized carbons (Fsp3) is 0.571. The smallest absolute Gasteiger partial charge is 0.0366 e. The molecule has 1 aliphatic rings. The summed E-state index contributed by atoms with van der Waals surface area (Å²) >= 11 is 3.48. The van der Waals surface area contributed by atoms with Crippen LogP contribution in [0.5, 0.6) is 0 Å². The molecule has 1 unspecified atom stereocenters. The highest BCUT2D eigenvalue weighted by molar-refractivity contribution is 9.08. The monoisotopic (exact) mass is 281 g/mol. The van der Waals surface area contributed by atoms with Gasteiger partial charge in [0.05, 0.1) is 0 Å². The zero-order valence-corrected chi connectivity index (χ0v) is 11.7. The van der Waals surface area contributed by atoms with Gasteiger partial charge >= 0.3 is 0 Å². The van der Waals surface area contributed by atoms with Crippen molar-refractivity contribution in [1.82, 2.24) is 0 Å². The molecule has 0 spiro atoms. The van der Waals surface area contributed by atoms with E-state index in [1.165, 1.54) is 30.8 Å². The van der Waals surface area contributed by atoms with Crippen LogP contribution < -0.4 is 4.90 Å². The van der Waals surface area contributed by atoms with Crippen LogP contribution in [0, 0.1) is 11.8 Å². The number of anilines is 1. The van der Waals surface area contributed by atoms with E-state index in [-0.39, 0.29) is 0 Å². The van der Waals surface area contributed by atoms with E-state index in [2.05, 4.69) is 58.9 Å². The maximum atomic E-state index is 3.48. The van der Waals surface area contributed by atoms with Gasteiger partial charge < -0.3 is 4.90 Å². The van der Waals surface area contributed by atoms with Crippen molar-refractivity contribution in [3.05, 3.63) is 29.8 Å². The lowest BCUT2D eigenvalue weighted by atomic mass is 9.95. The maximum Gasteiger partial charge on any atom is 0.0366 e. The molecule has 1 aliphatic heterocycles. The Morgan fingerprint density at radius 3 is 2.50 bits per heavy atom. The Kier molecular flexibility index (Phi) is 3.91. The largest absolute Gasteiger partial charge is 0.371 e. The van der Waals surface area contributed by atoms with Gasteiger partial charge in [0, 0.05) is 24.1 Å². The van der Waals surface area contributed by atoms with Gasteiger partial charge in [-0.15, -0.1) is 0 Å². The predicted molar refractivity (Wildman–Crippen MR) is 74.2 cm³/mol. The minimum absolute atomic E-state index is 0.812. The van der Waals surface area contributed by atoms with Gasteiger partial charge in [-0.2, -0.15) is 0 Å². The molecule has 0 amide bonds. The molecule has 1 aromatic rings. The van der Waals surface area contributed by atoms with Crippen molar-refractivity contribution in [1.29, 1.82) is 0 Å². The highest BCUT2D eigenvalue weighted by Gasteiger charge is 2.24. The predicted octanol–water partition coefficient (Wildman–Crippen LogP) is 4.06. The van der Waals surface area contributed by atoms with E-state index in [1.807, 2.05) is 0 Å². The van der Waals surface area contributed by atoms with Gasteiger partial charge in [0.15, 0.2) is 0 Å². The normalized spacial score (nSPS) is 20.8. The van der Waals surface area contributed by atoms with E-state index < -0.39 is 0 Å². The van der Waals surface area contributed by atoms with Crippen LogP contribution in [0.15, 0.2) is 24.3 Å². The van der Waals surface area contributed by atoms with Crippen molar-refractivity contribution in [2.75, 3.05) is 18.0 Å². The van der Waals surface area contributed by atoms with Crippen LogP contribution in [0.3, 0.4) is 0 Å². The molecule has 1 fully saturated rings. The second-order valence-corrected chi connectivity index (χ2v) is 5.60. The third-order valence-electron chi connectivity index (χ3n) is 3.62. The summed E-state index contributed by atoms with van der Waals surface area (Å²) in [5, 5.41) is 0.946. The Labute approximate surface area is 107 Å².